The lowest BCUT2D eigenvalue weighted by atomic mass is 10.2. The molecule has 0 spiro atoms. The van der Waals surface area contributed by atoms with Crippen molar-refractivity contribution < 1.29 is 23.2 Å². The molecule has 1 unspecified atom stereocenters. The van der Waals surface area contributed by atoms with Crippen LogP contribution in [0.25, 0.3) is 0 Å². The van der Waals surface area contributed by atoms with Gasteiger partial charge >= 0.3 is 5.97 Å². The Hall–Kier alpha value is -2.94. The van der Waals surface area contributed by atoms with Crippen LogP contribution in [0.2, 0.25) is 0 Å². The number of carboxylic acids is 1. The Kier molecular flexibility index (Phi) is 5.07. The van der Waals surface area contributed by atoms with Gasteiger partial charge in [-0.3, -0.25) is 14.4 Å². The van der Waals surface area contributed by atoms with Crippen LogP contribution >= 0.6 is 0 Å². The molecule has 9 heteroatoms. The van der Waals surface area contributed by atoms with E-state index in [1.54, 1.807) is 25.1 Å². The molecule has 25 heavy (non-hydrogen) atoms. The van der Waals surface area contributed by atoms with E-state index in [2.05, 4.69) is 0 Å². The molecule has 0 aliphatic carbocycles. The van der Waals surface area contributed by atoms with Crippen molar-refractivity contribution in [2.24, 2.45) is 0 Å². The van der Waals surface area contributed by atoms with Crippen LogP contribution in [0.15, 0.2) is 53.4 Å². The number of aliphatic carboxylic acids is 1. The van der Waals surface area contributed by atoms with Gasteiger partial charge in [0.05, 0.1) is 15.5 Å². The fraction of sp³-hybridized carbons (Fsp3) is 0.188. The van der Waals surface area contributed by atoms with Gasteiger partial charge in [-0.2, -0.15) is 0 Å². The number of benzene rings is 2. The molecule has 0 bridgehead atoms. The minimum absolute atomic E-state index is 0.198. The molecule has 0 radical (unpaired) electrons. The zero-order valence-electron chi connectivity index (χ0n) is 13.5. The number of carbonyl (C=O) groups is 1. The predicted molar refractivity (Wildman–Crippen MR) is 91.0 cm³/mol. The molecule has 0 aromatic heterocycles. The lowest BCUT2D eigenvalue weighted by Gasteiger charge is -2.29. The SMILES string of the molecule is Cc1ccccc1N(C(C)C(=O)O)S(=O)(=O)c1cccc([N+](=O)[O-])c1. The number of hydrogen-bond donors (Lipinski definition) is 1. The van der Waals surface area contributed by atoms with E-state index in [-0.39, 0.29) is 10.6 Å². The van der Waals surface area contributed by atoms with Gasteiger partial charge in [0.2, 0.25) is 0 Å². The summed E-state index contributed by atoms with van der Waals surface area (Å²) in [5.74, 6) is -1.34. The molecular weight excluding hydrogens is 348 g/mol. The van der Waals surface area contributed by atoms with Crippen LogP contribution < -0.4 is 4.31 Å². The molecular formula is C16H16N2O6S. The topological polar surface area (TPSA) is 118 Å². The minimum Gasteiger partial charge on any atom is -0.480 e. The molecule has 2 aromatic carbocycles. The van der Waals surface area contributed by atoms with Gasteiger partial charge in [0.1, 0.15) is 6.04 Å². The summed E-state index contributed by atoms with van der Waals surface area (Å²) in [6, 6.07) is 9.55. The second-order valence-corrected chi connectivity index (χ2v) is 7.17. The number of rotatable bonds is 6. The fourth-order valence-corrected chi connectivity index (χ4v) is 4.05. The summed E-state index contributed by atoms with van der Waals surface area (Å²) in [6.45, 7) is 2.89. The van der Waals surface area contributed by atoms with E-state index in [9.17, 15) is 28.4 Å². The van der Waals surface area contributed by atoms with Crippen LogP contribution in [0, 0.1) is 17.0 Å². The molecule has 0 amide bonds. The number of nitro groups is 1. The molecule has 0 saturated heterocycles. The van der Waals surface area contributed by atoms with Gasteiger partial charge < -0.3 is 5.11 Å². The van der Waals surface area contributed by atoms with Gasteiger partial charge in [-0.05, 0) is 31.5 Å². The molecule has 1 atom stereocenters. The van der Waals surface area contributed by atoms with Crippen molar-refractivity contribution in [3.8, 4) is 0 Å². The fourth-order valence-electron chi connectivity index (χ4n) is 2.33. The van der Waals surface area contributed by atoms with Crippen molar-refractivity contribution in [1.82, 2.24) is 0 Å². The van der Waals surface area contributed by atoms with Crippen molar-refractivity contribution in [1.29, 1.82) is 0 Å². The summed E-state index contributed by atoms with van der Waals surface area (Å²) in [5.41, 5.74) is 0.363. The second-order valence-electron chi connectivity index (χ2n) is 5.36. The van der Waals surface area contributed by atoms with E-state index < -0.39 is 32.6 Å². The average Bonchev–Trinajstić information content (AvgIpc) is 2.56. The normalized spacial score (nSPS) is 12.4. The highest BCUT2D eigenvalue weighted by atomic mass is 32.2. The smallest absolute Gasteiger partial charge is 0.327 e. The third-order valence-corrected chi connectivity index (χ3v) is 5.53. The molecule has 8 nitrogen and oxygen atoms in total. The van der Waals surface area contributed by atoms with Crippen molar-refractivity contribution in [3.63, 3.8) is 0 Å². The lowest BCUT2D eigenvalue weighted by molar-refractivity contribution is -0.385. The van der Waals surface area contributed by atoms with Gasteiger partial charge in [-0.25, -0.2) is 13.2 Å². The van der Waals surface area contributed by atoms with Crippen molar-refractivity contribution in [3.05, 3.63) is 64.2 Å². The number of aryl methyl sites for hydroxylation is 1. The van der Waals surface area contributed by atoms with Crippen LogP contribution in [-0.4, -0.2) is 30.5 Å². The summed E-state index contributed by atoms with van der Waals surface area (Å²) in [5, 5.41) is 20.3. The summed E-state index contributed by atoms with van der Waals surface area (Å²) in [4.78, 5) is 21.3. The van der Waals surface area contributed by atoms with E-state index in [1.165, 1.54) is 25.1 Å². The number of carboxylic acid groups (broad SMARTS) is 1. The zero-order valence-corrected chi connectivity index (χ0v) is 14.3. The first-order chi connectivity index (χ1) is 11.7. The van der Waals surface area contributed by atoms with Crippen LogP contribution in [0.1, 0.15) is 12.5 Å². The highest BCUT2D eigenvalue weighted by molar-refractivity contribution is 7.93. The Morgan fingerprint density at radius 2 is 1.84 bits per heavy atom. The van der Waals surface area contributed by atoms with Gasteiger partial charge in [-0.15, -0.1) is 0 Å². The Balaban J connectivity index is 2.68. The number of para-hydroxylation sites is 1. The second kappa shape index (κ2) is 6.89. The molecule has 0 aliphatic rings. The summed E-state index contributed by atoms with van der Waals surface area (Å²) < 4.78 is 26.9. The van der Waals surface area contributed by atoms with Gasteiger partial charge in [0.15, 0.2) is 0 Å². The van der Waals surface area contributed by atoms with Crippen molar-refractivity contribution in [2.75, 3.05) is 4.31 Å². The van der Waals surface area contributed by atoms with Gasteiger partial charge in [0.25, 0.3) is 15.7 Å². The Bertz CT molecular complexity index is 926. The molecule has 0 aliphatic heterocycles. The molecule has 0 saturated carbocycles. The maximum absolute atomic E-state index is 13.0. The van der Waals surface area contributed by atoms with Crippen molar-refractivity contribution in [2.45, 2.75) is 24.8 Å². The maximum Gasteiger partial charge on any atom is 0.327 e. The molecule has 0 heterocycles. The maximum atomic E-state index is 13.0. The predicted octanol–water partition coefficient (Wildman–Crippen LogP) is 2.57. The number of hydrogen-bond acceptors (Lipinski definition) is 5. The van der Waals surface area contributed by atoms with Crippen LogP contribution in [0.3, 0.4) is 0 Å². The number of nitro benzene ring substituents is 1. The summed E-state index contributed by atoms with van der Waals surface area (Å²) in [7, 11) is -4.33. The number of sulfonamides is 1. The molecule has 2 aromatic rings. The van der Waals surface area contributed by atoms with E-state index in [0.717, 1.165) is 16.4 Å². The zero-order chi connectivity index (χ0) is 18.8. The van der Waals surface area contributed by atoms with Crippen LogP contribution in [0.5, 0.6) is 0 Å². The highest BCUT2D eigenvalue weighted by Crippen LogP contribution is 2.30. The standard InChI is InChI=1S/C16H16N2O6S/c1-11-6-3-4-9-15(11)17(12(2)16(19)20)25(23,24)14-8-5-7-13(10-14)18(21)22/h3-10,12H,1-2H3,(H,19,20). The molecule has 2 rings (SSSR count). The number of non-ortho nitro benzene ring substituents is 1. The van der Waals surface area contributed by atoms with E-state index in [4.69, 9.17) is 0 Å². The first-order valence-corrected chi connectivity index (χ1v) is 8.67. The van der Waals surface area contributed by atoms with Crippen LogP contribution in [0.4, 0.5) is 11.4 Å². The largest absolute Gasteiger partial charge is 0.480 e. The lowest BCUT2D eigenvalue weighted by Crippen LogP contribution is -2.43. The highest BCUT2D eigenvalue weighted by Gasteiger charge is 2.34. The Morgan fingerprint density at radius 1 is 1.20 bits per heavy atom. The summed E-state index contributed by atoms with van der Waals surface area (Å²) >= 11 is 0. The first-order valence-electron chi connectivity index (χ1n) is 7.23. The van der Waals surface area contributed by atoms with Crippen LogP contribution in [-0.2, 0) is 14.8 Å². The Labute approximate surface area is 144 Å². The minimum atomic E-state index is -4.33. The van der Waals surface area contributed by atoms with E-state index in [0.29, 0.717) is 5.56 Å². The Morgan fingerprint density at radius 3 is 2.40 bits per heavy atom. The van der Waals surface area contributed by atoms with Gasteiger partial charge in [-0.1, -0.05) is 24.3 Å². The third kappa shape index (κ3) is 3.61. The van der Waals surface area contributed by atoms with E-state index >= 15 is 0 Å². The molecule has 0 fully saturated rings. The number of anilines is 1. The summed E-state index contributed by atoms with van der Waals surface area (Å²) in [6.07, 6.45) is 0. The third-order valence-electron chi connectivity index (χ3n) is 3.65. The molecule has 132 valence electrons. The average molecular weight is 364 g/mol. The quantitative estimate of drug-likeness (QED) is 0.622. The first kappa shape index (κ1) is 18.4. The monoisotopic (exact) mass is 364 g/mol. The van der Waals surface area contributed by atoms with Crippen molar-refractivity contribution >= 4 is 27.4 Å². The van der Waals surface area contributed by atoms with E-state index in [1.807, 2.05) is 0 Å². The van der Waals surface area contributed by atoms with Gasteiger partial charge in [0, 0.05) is 12.1 Å². The molecule has 1 N–H and O–H groups in total. The number of nitrogens with zero attached hydrogens (tertiary/aromatic N) is 2.